The molecule has 1 aliphatic rings. The molecule has 0 bridgehead atoms. The van der Waals surface area contributed by atoms with Gasteiger partial charge in [-0.25, -0.2) is 14.8 Å². The van der Waals surface area contributed by atoms with Gasteiger partial charge in [0.1, 0.15) is 17.0 Å². The summed E-state index contributed by atoms with van der Waals surface area (Å²) < 4.78 is 50.9. The van der Waals surface area contributed by atoms with Crippen LogP contribution in [0.3, 0.4) is 0 Å². The summed E-state index contributed by atoms with van der Waals surface area (Å²) in [4.78, 5) is 34.9. The standard InChI is InChI=1S/C24H27F3N6O4/c1-4-29-23(35)33-10-9-13(11-33)30-21(34)19-20(12(2)28)37-22(32-19)15-5-7-16(36-3)18-14(15)6-8-17(31-18)24(25,26)27/h5-8,12-13H,4,9-11,28H2,1-3H3,(H,29,35)(H,30,34)/t12-,13-/m0/s1. The normalized spacial score (nSPS) is 16.6. The summed E-state index contributed by atoms with van der Waals surface area (Å²) in [6.45, 7) is 4.77. The lowest BCUT2D eigenvalue weighted by Gasteiger charge is -2.17. The second-order valence-corrected chi connectivity index (χ2v) is 8.67. The molecular weight excluding hydrogens is 493 g/mol. The molecule has 1 aromatic carbocycles. The predicted molar refractivity (Wildman–Crippen MR) is 128 cm³/mol. The number of nitrogens with two attached hydrogens (primary N) is 1. The molecule has 2 aromatic heterocycles. The summed E-state index contributed by atoms with van der Waals surface area (Å²) in [6.07, 6.45) is -4.07. The van der Waals surface area contributed by atoms with Crippen LogP contribution in [-0.4, -0.2) is 59.6 Å². The fourth-order valence-electron chi connectivity index (χ4n) is 4.20. The summed E-state index contributed by atoms with van der Waals surface area (Å²) in [7, 11) is 1.33. The van der Waals surface area contributed by atoms with Crippen molar-refractivity contribution in [2.24, 2.45) is 5.73 Å². The maximum absolute atomic E-state index is 13.3. The van der Waals surface area contributed by atoms with Crippen molar-refractivity contribution in [3.05, 3.63) is 41.4 Å². The van der Waals surface area contributed by atoms with Crippen LogP contribution in [0.4, 0.5) is 18.0 Å². The number of benzene rings is 1. The number of pyridine rings is 1. The molecule has 37 heavy (non-hydrogen) atoms. The summed E-state index contributed by atoms with van der Waals surface area (Å²) in [5.74, 6) is -0.267. The molecule has 0 spiro atoms. The van der Waals surface area contributed by atoms with Gasteiger partial charge in [-0.15, -0.1) is 0 Å². The van der Waals surface area contributed by atoms with Gasteiger partial charge in [-0.05, 0) is 44.5 Å². The largest absolute Gasteiger partial charge is 0.494 e. The van der Waals surface area contributed by atoms with Crippen molar-refractivity contribution in [3.63, 3.8) is 0 Å². The number of fused-ring (bicyclic) bond motifs is 1. The minimum absolute atomic E-state index is 0.00188. The highest BCUT2D eigenvalue weighted by molar-refractivity contribution is 5.98. The number of carbonyl (C=O) groups is 2. The average molecular weight is 521 g/mol. The molecule has 0 radical (unpaired) electrons. The quantitative estimate of drug-likeness (QED) is 0.453. The van der Waals surface area contributed by atoms with Gasteiger partial charge < -0.3 is 30.4 Å². The summed E-state index contributed by atoms with van der Waals surface area (Å²) in [6, 6.07) is 3.94. The van der Waals surface area contributed by atoms with E-state index in [2.05, 4.69) is 20.6 Å². The number of halogens is 3. The minimum atomic E-state index is -4.64. The van der Waals surface area contributed by atoms with Crippen molar-refractivity contribution in [1.29, 1.82) is 0 Å². The Bertz CT molecular complexity index is 1320. The van der Waals surface area contributed by atoms with Gasteiger partial charge in [0.2, 0.25) is 5.89 Å². The van der Waals surface area contributed by atoms with Gasteiger partial charge >= 0.3 is 12.2 Å². The number of urea groups is 1. The first-order valence-electron chi connectivity index (χ1n) is 11.7. The Hall–Kier alpha value is -3.87. The van der Waals surface area contributed by atoms with E-state index in [1.165, 1.54) is 19.2 Å². The molecule has 4 N–H and O–H groups in total. The fourth-order valence-corrected chi connectivity index (χ4v) is 4.20. The van der Waals surface area contributed by atoms with Crippen molar-refractivity contribution in [2.75, 3.05) is 26.7 Å². The lowest BCUT2D eigenvalue weighted by molar-refractivity contribution is -0.140. The van der Waals surface area contributed by atoms with Crippen LogP contribution in [0.25, 0.3) is 22.4 Å². The fraction of sp³-hybridized carbons (Fsp3) is 0.417. The molecule has 4 rings (SSSR count). The topological polar surface area (TPSA) is 136 Å². The van der Waals surface area contributed by atoms with E-state index in [-0.39, 0.29) is 40.7 Å². The highest BCUT2D eigenvalue weighted by Gasteiger charge is 2.34. The zero-order chi connectivity index (χ0) is 26.9. The highest BCUT2D eigenvalue weighted by atomic mass is 19.4. The van der Waals surface area contributed by atoms with E-state index in [0.717, 1.165) is 6.07 Å². The number of methoxy groups -OCH3 is 1. The molecule has 1 aliphatic heterocycles. The Balaban J connectivity index is 1.67. The molecule has 0 unspecified atom stereocenters. The summed E-state index contributed by atoms with van der Waals surface area (Å²) in [5, 5.41) is 5.89. The van der Waals surface area contributed by atoms with Crippen LogP contribution in [0.2, 0.25) is 0 Å². The number of ether oxygens (including phenoxy) is 1. The van der Waals surface area contributed by atoms with Crippen molar-refractivity contribution >= 4 is 22.8 Å². The van der Waals surface area contributed by atoms with E-state index in [0.29, 0.717) is 37.0 Å². The van der Waals surface area contributed by atoms with Gasteiger partial charge in [-0.1, -0.05) is 0 Å². The molecule has 10 nitrogen and oxygen atoms in total. The van der Waals surface area contributed by atoms with Gasteiger partial charge in [0.15, 0.2) is 11.5 Å². The third kappa shape index (κ3) is 5.31. The third-order valence-electron chi connectivity index (χ3n) is 5.98. The molecule has 1 fully saturated rings. The zero-order valence-corrected chi connectivity index (χ0v) is 20.5. The van der Waals surface area contributed by atoms with Crippen LogP contribution in [0.15, 0.2) is 28.7 Å². The maximum atomic E-state index is 13.3. The van der Waals surface area contributed by atoms with Crippen LogP contribution in [0, 0.1) is 0 Å². The van der Waals surface area contributed by atoms with Gasteiger partial charge in [0, 0.05) is 36.6 Å². The van der Waals surface area contributed by atoms with E-state index in [9.17, 15) is 22.8 Å². The second-order valence-electron chi connectivity index (χ2n) is 8.67. The molecule has 3 amide bonds. The number of nitrogens with one attached hydrogen (secondary N) is 2. The summed E-state index contributed by atoms with van der Waals surface area (Å²) >= 11 is 0. The molecule has 2 atom stereocenters. The monoisotopic (exact) mass is 520 g/mol. The number of rotatable bonds is 6. The Morgan fingerprint density at radius 3 is 2.68 bits per heavy atom. The SMILES string of the molecule is CCNC(=O)N1CC[C@H](NC(=O)c2nc(-c3ccc(OC)c4nc(C(F)(F)F)ccc34)oc2[C@H](C)N)C1. The molecule has 0 saturated carbocycles. The lowest BCUT2D eigenvalue weighted by atomic mass is 10.1. The van der Waals surface area contributed by atoms with E-state index in [4.69, 9.17) is 14.9 Å². The van der Waals surface area contributed by atoms with Crippen molar-refractivity contribution in [3.8, 4) is 17.2 Å². The van der Waals surface area contributed by atoms with Gasteiger partial charge in [0.25, 0.3) is 5.91 Å². The zero-order valence-electron chi connectivity index (χ0n) is 20.5. The van der Waals surface area contributed by atoms with Gasteiger partial charge in [-0.3, -0.25) is 4.79 Å². The third-order valence-corrected chi connectivity index (χ3v) is 5.98. The number of oxazole rings is 1. The predicted octanol–water partition coefficient (Wildman–Crippen LogP) is 3.47. The molecule has 1 saturated heterocycles. The molecule has 198 valence electrons. The average Bonchev–Trinajstić information content (AvgIpc) is 3.50. The number of amides is 3. The van der Waals surface area contributed by atoms with E-state index >= 15 is 0 Å². The van der Waals surface area contributed by atoms with Crippen LogP contribution in [0.1, 0.15) is 48.3 Å². The van der Waals surface area contributed by atoms with E-state index in [1.807, 2.05) is 6.92 Å². The Morgan fingerprint density at radius 2 is 2.03 bits per heavy atom. The summed E-state index contributed by atoms with van der Waals surface area (Å²) in [5.41, 5.74) is 5.22. The number of carbonyl (C=O) groups excluding carboxylic acids is 2. The van der Waals surface area contributed by atoms with Crippen LogP contribution < -0.4 is 21.1 Å². The number of alkyl halides is 3. The van der Waals surface area contributed by atoms with Crippen molar-refractivity contribution < 1.29 is 31.9 Å². The van der Waals surface area contributed by atoms with E-state index in [1.54, 1.807) is 17.9 Å². The molecule has 13 heteroatoms. The van der Waals surface area contributed by atoms with Gasteiger partial charge in [-0.2, -0.15) is 13.2 Å². The van der Waals surface area contributed by atoms with E-state index < -0.39 is 23.8 Å². The van der Waals surface area contributed by atoms with Crippen LogP contribution >= 0.6 is 0 Å². The number of likely N-dealkylation sites (tertiary alicyclic amines) is 1. The Labute approximate surface area is 210 Å². The number of hydrogen-bond acceptors (Lipinski definition) is 7. The Morgan fingerprint density at radius 1 is 1.27 bits per heavy atom. The molecule has 3 aromatic rings. The first-order valence-corrected chi connectivity index (χ1v) is 11.7. The molecule has 3 heterocycles. The number of aromatic nitrogens is 2. The molecular formula is C24H27F3N6O4. The first kappa shape index (κ1) is 26.2. The van der Waals surface area contributed by atoms with Crippen molar-refractivity contribution in [2.45, 2.75) is 38.5 Å². The van der Waals surface area contributed by atoms with Crippen molar-refractivity contribution in [1.82, 2.24) is 25.5 Å². The smallest absolute Gasteiger partial charge is 0.433 e. The van der Waals surface area contributed by atoms with Crippen LogP contribution in [0.5, 0.6) is 5.75 Å². The second kappa shape index (κ2) is 10.2. The number of nitrogens with zero attached hydrogens (tertiary/aromatic N) is 3. The number of hydrogen-bond donors (Lipinski definition) is 3. The minimum Gasteiger partial charge on any atom is -0.494 e. The maximum Gasteiger partial charge on any atom is 0.433 e. The Kier molecular flexibility index (Phi) is 7.25. The highest BCUT2D eigenvalue weighted by Crippen LogP contribution is 2.37. The van der Waals surface area contributed by atoms with Crippen LogP contribution in [-0.2, 0) is 6.18 Å². The van der Waals surface area contributed by atoms with Gasteiger partial charge in [0.05, 0.1) is 13.2 Å². The molecule has 0 aliphatic carbocycles. The lowest BCUT2D eigenvalue weighted by Crippen LogP contribution is -2.42. The first-order chi connectivity index (χ1) is 17.5.